The predicted molar refractivity (Wildman–Crippen MR) is 272 cm³/mol. The summed E-state index contributed by atoms with van der Waals surface area (Å²) >= 11 is 0. The van der Waals surface area contributed by atoms with Gasteiger partial charge in [0.05, 0.1) is 68.7 Å². The average Bonchev–Trinajstić information content (AvgIpc) is 3.75. The maximum absolute atomic E-state index is 14.5. The summed E-state index contributed by atoms with van der Waals surface area (Å²) in [5.41, 5.74) is 2.52. The number of fused-ring (bicyclic) bond motifs is 3. The first kappa shape index (κ1) is 48.9. The van der Waals surface area contributed by atoms with Crippen LogP contribution in [0.4, 0.5) is 26.3 Å². The molecule has 0 spiro atoms. The minimum Gasteiger partial charge on any atom is -0.309 e. The SMILES string of the molecule is C=CC.N#Cc1ccc(-c2ccc3c4ccc(-c5ccc(C#N)cc5C#N)cc4n(-c4ccc(-c5cc(C(F)(F)F)cc(C(F)(F)F)c5)c(-c5nc(-c6ccccc6)nc(-c6ccccc6)n5)c4)c3c2)c(C#N)c1. The maximum Gasteiger partial charge on any atom is 0.416 e. The van der Waals surface area contributed by atoms with E-state index in [2.05, 4.69) is 30.9 Å². The molecule has 10 rings (SSSR count). The summed E-state index contributed by atoms with van der Waals surface area (Å²) in [5, 5.41) is 41.0. The molecule has 0 radical (unpaired) electrons. The number of allylic oxidation sites excluding steroid dienone is 1. The molecule has 2 aromatic heterocycles. The van der Waals surface area contributed by atoms with Crippen molar-refractivity contribution in [1.29, 1.82) is 21.0 Å². The summed E-state index contributed by atoms with van der Waals surface area (Å²) in [6.45, 7) is 5.25. The predicted octanol–water partition coefficient (Wildman–Crippen LogP) is 15.7. The molecule has 0 bridgehead atoms. The van der Waals surface area contributed by atoms with Crippen LogP contribution in [-0.4, -0.2) is 19.5 Å². The van der Waals surface area contributed by atoms with E-state index in [1.807, 2.05) is 47.9 Å². The molecule has 0 saturated heterocycles. The van der Waals surface area contributed by atoms with Crippen molar-refractivity contribution < 1.29 is 26.3 Å². The highest BCUT2D eigenvalue weighted by molar-refractivity contribution is 6.11. The molecule has 74 heavy (non-hydrogen) atoms. The second-order valence-electron chi connectivity index (χ2n) is 16.7. The van der Waals surface area contributed by atoms with Gasteiger partial charge in [-0.1, -0.05) is 109 Å². The summed E-state index contributed by atoms with van der Waals surface area (Å²) in [7, 11) is 0. The van der Waals surface area contributed by atoms with E-state index in [0.717, 1.165) is 10.8 Å². The van der Waals surface area contributed by atoms with Gasteiger partial charge in [0.15, 0.2) is 17.5 Å². The molecule has 0 saturated carbocycles. The molecular weight excluding hydrogens is 947 g/mol. The van der Waals surface area contributed by atoms with Crippen LogP contribution in [0.2, 0.25) is 0 Å². The first-order chi connectivity index (χ1) is 35.6. The number of hydrogen-bond donors (Lipinski definition) is 0. The van der Waals surface area contributed by atoms with E-state index in [1.54, 1.807) is 103 Å². The lowest BCUT2D eigenvalue weighted by Gasteiger charge is -2.18. The van der Waals surface area contributed by atoms with Crippen LogP contribution < -0.4 is 0 Å². The number of hydrogen-bond acceptors (Lipinski definition) is 7. The molecule has 0 aliphatic heterocycles. The number of alkyl halides is 6. The molecule has 356 valence electrons. The topological polar surface area (TPSA) is 139 Å². The lowest BCUT2D eigenvalue weighted by Crippen LogP contribution is -2.11. The Morgan fingerprint density at radius 1 is 0.432 bits per heavy atom. The highest BCUT2D eigenvalue weighted by Crippen LogP contribution is 2.44. The van der Waals surface area contributed by atoms with Gasteiger partial charge in [0.2, 0.25) is 0 Å². The molecule has 14 heteroatoms. The third kappa shape index (κ3) is 9.55. The van der Waals surface area contributed by atoms with Gasteiger partial charge in [0, 0.05) is 33.2 Å². The first-order valence-electron chi connectivity index (χ1n) is 22.5. The van der Waals surface area contributed by atoms with Gasteiger partial charge in [0.25, 0.3) is 0 Å². The molecule has 0 fully saturated rings. The Bertz CT molecular complexity index is 3800. The van der Waals surface area contributed by atoms with E-state index in [4.69, 9.17) is 15.0 Å². The zero-order chi connectivity index (χ0) is 52.3. The molecule has 0 aliphatic rings. The highest BCUT2D eigenvalue weighted by atomic mass is 19.4. The molecule has 0 amide bonds. The third-order valence-corrected chi connectivity index (χ3v) is 12.0. The fourth-order valence-electron chi connectivity index (χ4n) is 8.70. The average molecular weight is 981 g/mol. The third-order valence-electron chi connectivity index (χ3n) is 12.0. The summed E-state index contributed by atoms with van der Waals surface area (Å²) in [6.07, 6.45) is -8.55. The second kappa shape index (κ2) is 19.9. The first-order valence-corrected chi connectivity index (χ1v) is 22.5. The van der Waals surface area contributed by atoms with Crippen molar-refractivity contribution in [2.45, 2.75) is 19.3 Å². The summed E-state index contributed by atoms with van der Waals surface area (Å²) in [5.74, 6) is 0.307. The summed E-state index contributed by atoms with van der Waals surface area (Å²) < 4.78 is 89.0. The number of nitrogens with zero attached hydrogens (tertiary/aromatic N) is 8. The molecule has 0 N–H and O–H groups in total. The number of aromatic nitrogens is 4. The van der Waals surface area contributed by atoms with Crippen LogP contribution in [0.1, 0.15) is 40.3 Å². The van der Waals surface area contributed by atoms with Gasteiger partial charge < -0.3 is 4.57 Å². The van der Waals surface area contributed by atoms with Gasteiger partial charge in [-0.2, -0.15) is 47.4 Å². The minimum atomic E-state index is -5.15. The van der Waals surface area contributed by atoms with Crippen LogP contribution in [0.15, 0.2) is 183 Å². The molecule has 0 aliphatic carbocycles. The van der Waals surface area contributed by atoms with Crippen molar-refractivity contribution in [3.63, 3.8) is 0 Å². The van der Waals surface area contributed by atoms with E-state index in [1.165, 1.54) is 18.2 Å². The Labute approximate surface area is 419 Å². The Kier molecular flexibility index (Phi) is 13.2. The molecular formula is C60H34F6N8. The monoisotopic (exact) mass is 980 g/mol. The standard InChI is InChI=1S/C57H28F6N8.C3H6/c58-56(59,60)42-23-39(24-43(27-42)57(61,62)63)47-20-15-44(28-50(47)55-69-53(35-7-3-1-4-8-35)68-54(70-55)36-9-5-2-6-10-36)71-51-25-37(45-16-11-33(29-64)21-40(45)31-66)13-18-48(51)49-19-14-38(26-52(49)71)46-17-12-34(30-65)22-41(46)32-67;1-3-2/h1-28H;3H,1H2,2H3. The van der Waals surface area contributed by atoms with Crippen LogP contribution in [-0.2, 0) is 12.4 Å². The number of nitriles is 4. The minimum absolute atomic E-state index is 0.0517. The fraction of sp³-hybridized carbons (Fsp3) is 0.0500. The van der Waals surface area contributed by atoms with Crippen molar-refractivity contribution in [2.24, 2.45) is 0 Å². The van der Waals surface area contributed by atoms with Crippen LogP contribution in [0.3, 0.4) is 0 Å². The van der Waals surface area contributed by atoms with Crippen molar-refractivity contribution >= 4 is 21.8 Å². The summed E-state index contributed by atoms with van der Waals surface area (Å²) in [6, 6.07) is 52.8. The Morgan fingerprint density at radius 2 is 0.865 bits per heavy atom. The van der Waals surface area contributed by atoms with Crippen molar-refractivity contribution in [1.82, 2.24) is 19.5 Å². The van der Waals surface area contributed by atoms with Crippen molar-refractivity contribution in [3.05, 3.63) is 216 Å². The molecule has 10 aromatic rings. The molecule has 0 unspecified atom stereocenters. The lowest BCUT2D eigenvalue weighted by atomic mass is 9.94. The molecule has 8 aromatic carbocycles. The van der Waals surface area contributed by atoms with Gasteiger partial charge in [0.1, 0.15) is 0 Å². The van der Waals surface area contributed by atoms with Gasteiger partial charge in [-0.15, -0.1) is 6.58 Å². The van der Waals surface area contributed by atoms with Crippen LogP contribution >= 0.6 is 0 Å². The summed E-state index contributed by atoms with van der Waals surface area (Å²) in [4.78, 5) is 14.5. The Hall–Kier alpha value is -10.2. The van der Waals surface area contributed by atoms with Crippen LogP contribution in [0.25, 0.3) is 95.0 Å². The van der Waals surface area contributed by atoms with E-state index < -0.39 is 29.0 Å². The largest absolute Gasteiger partial charge is 0.416 e. The van der Waals surface area contributed by atoms with Crippen LogP contribution in [0, 0.1) is 45.3 Å². The fourth-order valence-corrected chi connectivity index (χ4v) is 8.70. The smallest absolute Gasteiger partial charge is 0.309 e. The van der Waals surface area contributed by atoms with Gasteiger partial charge in [-0.25, -0.2) is 15.0 Å². The normalized spacial score (nSPS) is 11.2. The van der Waals surface area contributed by atoms with Gasteiger partial charge >= 0.3 is 12.4 Å². The lowest BCUT2D eigenvalue weighted by molar-refractivity contribution is -0.143. The maximum atomic E-state index is 14.5. The number of rotatable bonds is 7. The molecule has 0 atom stereocenters. The van der Waals surface area contributed by atoms with E-state index in [9.17, 15) is 47.4 Å². The van der Waals surface area contributed by atoms with E-state index >= 15 is 0 Å². The van der Waals surface area contributed by atoms with Gasteiger partial charge in [-0.3, -0.25) is 0 Å². The number of halogens is 6. The number of benzene rings is 8. The highest BCUT2D eigenvalue weighted by Gasteiger charge is 2.37. The molecule has 2 heterocycles. The zero-order valence-corrected chi connectivity index (χ0v) is 38.8. The van der Waals surface area contributed by atoms with E-state index in [-0.39, 0.29) is 56.9 Å². The molecule has 8 nitrogen and oxygen atoms in total. The quantitative estimate of drug-likeness (QED) is 0.114. The zero-order valence-electron chi connectivity index (χ0n) is 38.8. The van der Waals surface area contributed by atoms with Crippen LogP contribution in [0.5, 0.6) is 0 Å². The Balaban J connectivity index is 0.00000219. The second-order valence-corrected chi connectivity index (χ2v) is 16.7. The van der Waals surface area contributed by atoms with E-state index in [0.29, 0.717) is 62.2 Å². The van der Waals surface area contributed by atoms with Crippen molar-refractivity contribution in [2.75, 3.05) is 0 Å². The van der Waals surface area contributed by atoms with Crippen molar-refractivity contribution in [3.8, 4) is 97.5 Å². The Morgan fingerprint density at radius 3 is 1.28 bits per heavy atom. The van der Waals surface area contributed by atoms with Gasteiger partial charge in [-0.05, 0) is 107 Å².